The van der Waals surface area contributed by atoms with Crippen molar-refractivity contribution >= 4 is 46.3 Å². The molecule has 3 aromatic carbocycles. The maximum atomic E-state index is 13.4. The molecule has 0 atom stereocenters. The number of aromatic amines is 2. The Morgan fingerprint density at radius 3 is 2.55 bits per heavy atom. The molecule has 7 heteroatoms. The number of H-pyrrole nitrogens is 2. The van der Waals surface area contributed by atoms with Gasteiger partial charge in [0.25, 0.3) is 5.56 Å². The van der Waals surface area contributed by atoms with Gasteiger partial charge in [-0.05, 0) is 66.3 Å². The molecule has 0 saturated heterocycles. The molecule has 0 spiro atoms. The zero-order chi connectivity index (χ0) is 21.4. The Morgan fingerprint density at radius 2 is 1.74 bits per heavy atom. The molecule has 31 heavy (non-hydrogen) atoms. The van der Waals surface area contributed by atoms with Crippen LogP contribution in [0.3, 0.4) is 0 Å². The molecule has 6 nitrogen and oxygen atoms in total. The van der Waals surface area contributed by atoms with Gasteiger partial charge in [0.05, 0.1) is 39.3 Å². The fourth-order valence-corrected chi connectivity index (χ4v) is 3.73. The Kier molecular flexibility index (Phi) is 4.54. The molecule has 5 aromatic rings. The molecule has 0 amide bonds. The molecule has 0 bridgehead atoms. The number of hydrogen-bond acceptors (Lipinski definition) is 4. The SMILES string of the molecule is N#Cc1ccc(/C=C/c2nc3ccccc3c(=O)n2-c2ccc3[nH]c(=S)[nH]c3c2)cc1. The second kappa shape index (κ2) is 7.52. The maximum Gasteiger partial charge on any atom is 0.266 e. The fraction of sp³-hybridized carbons (Fsp3) is 0. The zero-order valence-electron chi connectivity index (χ0n) is 16.2. The summed E-state index contributed by atoms with van der Waals surface area (Å²) in [5.74, 6) is 0.501. The summed E-state index contributed by atoms with van der Waals surface area (Å²) in [4.78, 5) is 24.3. The van der Waals surface area contributed by atoms with Gasteiger partial charge in [0.15, 0.2) is 4.77 Å². The first-order valence-electron chi connectivity index (χ1n) is 9.55. The lowest BCUT2D eigenvalue weighted by Gasteiger charge is -2.11. The first-order valence-corrected chi connectivity index (χ1v) is 9.96. The first kappa shape index (κ1) is 18.7. The van der Waals surface area contributed by atoms with Gasteiger partial charge in [0, 0.05) is 0 Å². The van der Waals surface area contributed by atoms with Crippen LogP contribution in [-0.2, 0) is 0 Å². The van der Waals surface area contributed by atoms with E-state index in [0.29, 0.717) is 32.7 Å². The molecule has 0 aliphatic carbocycles. The number of fused-ring (bicyclic) bond motifs is 2. The summed E-state index contributed by atoms with van der Waals surface area (Å²) in [5.41, 5.74) is 4.33. The summed E-state index contributed by atoms with van der Waals surface area (Å²) >= 11 is 5.18. The smallest absolute Gasteiger partial charge is 0.266 e. The molecule has 0 radical (unpaired) electrons. The maximum absolute atomic E-state index is 13.4. The highest BCUT2D eigenvalue weighted by molar-refractivity contribution is 7.71. The van der Waals surface area contributed by atoms with Crippen LogP contribution in [0.4, 0.5) is 0 Å². The Morgan fingerprint density at radius 1 is 0.968 bits per heavy atom. The minimum atomic E-state index is -0.154. The molecule has 5 rings (SSSR count). The normalized spacial score (nSPS) is 11.3. The number of nitrogens with zero attached hydrogens (tertiary/aromatic N) is 3. The molecular weight excluding hydrogens is 406 g/mol. The van der Waals surface area contributed by atoms with Crippen molar-refractivity contribution in [2.75, 3.05) is 0 Å². The van der Waals surface area contributed by atoms with Gasteiger partial charge < -0.3 is 9.97 Å². The predicted octanol–water partition coefficient (Wildman–Crippen LogP) is 4.97. The molecular formula is C24H15N5OS. The van der Waals surface area contributed by atoms with Crippen LogP contribution in [0.25, 0.3) is 39.8 Å². The average molecular weight is 421 g/mol. The third-order valence-corrected chi connectivity index (χ3v) is 5.23. The van der Waals surface area contributed by atoms with Crippen molar-refractivity contribution < 1.29 is 0 Å². The third-order valence-electron chi connectivity index (χ3n) is 5.02. The van der Waals surface area contributed by atoms with E-state index >= 15 is 0 Å². The zero-order valence-corrected chi connectivity index (χ0v) is 17.0. The van der Waals surface area contributed by atoms with E-state index in [4.69, 9.17) is 22.5 Å². The van der Waals surface area contributed by atoms with Crippen LogP contribution >= 0.6 is 12.2 Å². The van der Waals surface area contributed by atoms with Crippen LogP contribution < -0.4 is 5.56 Å². The summed E-state index contributed by atoms with van der Waals surface area (Å²) in [6, 6.07) is 22.2. The molecule has 0 aliphatic rings. The second-order valence-corrected chi connectivity index (χ2v) is 7.41. The van der Waals surface area contributed by atoms with Crippen molar-refractivity contribution in [3.8, 4) is 11.8 Å². The van der Waals surface area contributed by atoms with E-state index < -0.39 is 0 Å². The number of rotatable bonds is 3. The van der Waals surface area contributed by atoms with Gasteiger partial charge in [-0.1, -0.05) is 30.3 Å². The van der Waals surface area contributed by atoms with Crippen molar-refractivity contribution in [2.45, 2.75) is 0 Å². The van der Waals surface area contributed by atoms with Crippen molar-refractivity contribution in [1.82, 2.24) is 19.5 Å². The molecule has 148 valence electrons. The Hall–Kier alpha value is -4.28. The highest BCUT2D eigenvalue weighted by Crippen LogP contribution is 2.19. The van der Waals surface area contributed by atoms with E-state index in [-0.39, 0.29) is 5.56 Å². The van der Waals surface area contributed by atoms with Gasteiger partial charge in [-0.3, -0.25) is 9.36 Å². The minimum Gasteiger partial charge on any atom is -0.331 e. The molecule has 2 N–H and O–H groups in total. The first-order chi connectivity index (χ1) is 15.1. The summed E-state index contributed by atoms with van der Waals surface area (Å²) in [6.07, 6.45) is 3.68. The summed E-state index contributed by atoms with van der Waals surface area (Å²) < 4.78 is 2.11. The van der Waals surface area contributed by atoms with Gasteiger partial charge in [-0.15, -0.1) is 0 Å². The number of benzene rings is 3. The summed E-state index contributed by atoms with van der Waals surface area (Å²) in [6.45, 7) is 0. The molecule has 0 unspecified atom stereocenters. The number of nitriles is 1. The van der Waals surface area contributed by atoms with Crippen LogP contribution in [0, 0.1) is 16.1 Å². The molecule has 2 aromatic heterocycles. The largest absolute Gasteiger partial charge is 0.331 e. The van der Waals surface area contributed by atoms with E-state index in [1.165, 1.54) is 0 Å². The lowest BCUT2D eigenvalue weighted by molar-refractivity contribution is 0.945. The standard InChI is InChI=1S/C24H15N5OS/c25-14-16-7-5-15(6-8-16)9-12-22-26-19-4-2-1-3-18(19)23(30)29(22)17-10-11-20-21(13-17)28-24(31)27-20/h1-13H,(H2,27,28,31)/b12-9+. The Balaban J connectivity index is 1.72. The van der Waals surface area contributed by atoms with Crippen LogP contribution in [0.2, 0.25) is 0 Å². The van der Waals surface area contributed by atoms with Crippen molar-refractivity contribution in [3.05, 3.63) is 98.8 Å². The van der Waals surface area contributed by atoms with E-state index in [0.717, 1.165) is 16.6 Å². The van der Waals surface area contributed by atoms with Gasteiger partial charge in [0.2, 0.25) is 0 Å². The highest BCUT2D eigenvalue weighted by Gasteiger charge is 2.12. The molecule has 0 aliphatic heterocycles. The van der Waals surface area contributed by atoms with Crippen molar-refractivity contribution in [3.63, 3.8) is 0 Å². The summed E-state index contributed by atoms with van der Waals surface area (Å²) in [5, 5.41) is 9.52. The average Bonchev–Trinajstić information content (AvgIpc) is 3.17. The van der Waals surface area contributed by atoms with E-state index in [1.807, 2.05) is 54.6 Å². The van der Waals surface area contributed by atoms with Crippen molar-refractivity contribution in [2.24, 2.45) is 0 Å². The molecule has 0 saturated carbocycles. The summed E-state index contributed by atoms with van der Waals surface area (Å²) in [7, 11) is 0. The molecule has 0 fully saturated rings. The van der Waals surface area contributed by atoms with Crippen LogP contribution in [0.1, 0.15) is 17.0 Å². The van der Waals surface area contributed by atoms with Gasteiger partial charge >= 0.3 is 0 Å². The lowest BCUT2D eigenvalue weighted by atomic mass is 10.1. The number of imidazole rings is 1. The minimum absolute atomic E-state index is 0.154. The van der Waals surface area contributed by atoms with Crippen LogP contribution in [0.5, 0.6) is 0 Å². The third kappa shape index (κ3) is 3.45. The monoisotopic (exact) mass is 421 g/mol. The predicted molar refractivity (Wildman–Crippen MR) is 124 cm³/mol. The lowest BCUT2D eigenvalue weighted by Crippen LogP contribution is -2.22. The Bertz CT molecular complexity index is 1630. The van der Waals surface area contributed by atoms with E-state index in [2.05, 4.69) is 16.0 Å². The van der Waals surface area contributed by atoms with Gasteiger partial charge in [0.1, 0.15) is 5.82 Å². The van der Waals surface area contributed by atoms with Crippen LogP contribution in [-0.4, -0.2) is 19.5 Å². The quantitative estimate of drug-likeness (QED) is 0.403. The van der Waals surface area contributed by atoms with Crippen LogP contribution in [0.15, 0.2) is 71.5 Å². The van der Waals surface area contributed by atoms with Gasteiger partial charge in [-0.25, -0.2) is 4.98 Å². The number of nitrogens with one attached hydrogen (secondary N) is 2. The number of hydrogen-bond donors (Lipinski definition) is 2. The molecule has 2 heterocycles. The van der Waals surface area contributed by atoms with E-state index in [1.54, 1.807) is 28.8 Å². The highest BCUT2D eigenvalue weighted by atomic mass is 32.1. The fourth-order valence-electron chi connectivity index (χ4n) is 3.51. The second-order valence-electron chi connectivity index (χ2n) is 7.00. The topological polar surface area (TPSA) is 90.3 Å². The van der Waals surface area contributed by atoms with E-state index in [9.17, 15) is 4.79 Å². The Labute approximate surface area is 181 Å². The number of aromatic nitrogens is 4. The van der Waals surface area contributed by atoms with Gasteiger partial charge in [-0.2, -0.15) is 5.26 Å². The number of para-hydroxylation sites is 1. The van der Waals surface area contributed by atoms with Crippen molar-refractivity contribution in [1.29, 1.82) is 5.26 Å².